The molecule has 2 aromatic heterocycles. The van der Waals surface area contributed by atoms with Crippen molar-refractivity contribution in [1.82, 2.24) is 20.4 Å². The zero-order chi connectivity index (χ0) is 31.0. The van der Waals surface area contributed by atoms with Crippen molar-refractivity contribution in [1.29, 1.82) is 0 Å². The van der Waals surface area contributed by atoms with Crippen molar-refractivity contribution in [3.63, 3.8) is 0 Å². The molecule has 228 valence electrons. The molecule has 0 spiro atoms. The molecule has 0 saturated carbocycles. The van der Waals surface area contributed by atoms with Crippen LogP contribution in [0.2, 0.25) is 5.02 Å². The first-order valence-electron chi connectivity index (χ1n) is 14.4. The Bertz CT molecular complexity index is 1720. The molecule has 0 unspecified atom stereocenters. The van der Waals surface area contributed by atoms with E-state index in [1.165, 1.54) is 0 Å². The van der Waals surface area contributed by atoms with Crippen LogP contribution in [0.3, 0.4) is 0 Å². The highest BCUT2D eigenvalue weighted by Crippen LogP contribution is 2.55. The second kappa shape index (κ2) is 12.4. The number of halogens is 1. The van der Waals surface area contributed by atoms with E-state index in [2.05, 4.69) is 26.9 Å². The summed E-state index contributed by atoms with van der Waals surface area (Å²) in [5, 5.41) is 14.7. The monoisotopic (exact) mass is 649 g/mol. The second-order valence-corrected chi connectivity index (χ2v) is 14.0. The van der Waals surface area contributed by atoms with E-state index in [0.29, 0.717) is 43.3 Å². The maximum atomic E-state index is 13.9. The number of hydrogen-bond donors (Lipinski definition) is 2. The molecule has 2 aromatic carbocycles. The zero-order valence-corrected chi connectivity index (χ0v) is 26.9. The van der Waals surface area contributed by atoms with E-state index in [9.17, 15) is 14.4 Å². The number of aromatic nitrogens is 2. The summed E-state index contributed by atoms with van der Waals surface area (Å²) in [6, 6.07) is 17.7. The molecule has 4 aromatic rings. The van der Waals surface area contributed by atoms with Crippen molar-refractivity contribution in [2.45, 2.75) is 39.2 Å². The topological polar surface area (TPSA) is 114 Å². The van der Waals surface area contributed by atoms with Gasteiger partial charge in [-0.2, -0.15) is 0 Å². The maximum Gasteiger partial charge on any atom is 0.282 e. The van der Waals surface area contributed by atoms with Gasteiger partial charge >= 0.3 is 0 Å². The lowest BCUT2D eigenvalue weighted by Crippen LogP contribution is -2.40. The highest BCUT2D eigenvalue weighted by atomic mass is 35.5. The molecule has 44 heavy (non-hydrogen) atoms. The summed E-state index contributed by atoms with van der Waals surface area (Å²) in [6.07, 6.45) is 0.527. The van der Waals surface area contributed by atoms with Crippen LogP contribution in [-0.2, 0) is 16.0 Å². The summed E-state index contributed by atoms with van der Waals surface area (Å²) in [7, 11) is 0. The van der Waals surface area contributed by atoms with Crippen LogP contribution in [0.5, 0.6) is 0 Å². The van der Waals surface area contributed by atoms with Gasteiger partial charge in [-0.15, -0.1) is 21.5 Å². The number of carbonyl (C=O) groups is 3. The average Bonchev–Trinajstić information content (AvgIpc) is 3.71. The fraction of sp³-hybridized carbons (Fsp3) is 0.344. The lowest BCUT2D eigenvalue weighted by atomic mass is 9.73. The molecule has 1 fully saturated rings. The Morgan fingerprint density at radius 3 is 2.50 bits per heavy atom. The minimum Gasteiger partial charge on any atom is -0.378 e. The van der Waals surface area contributed by atoms with Gasteiger partial charge in [-0.3, -0.25) is 19.7 Å². The quantitative estimate of drug-likeness (QED) is 0.259. The molecule has 2 N–H and O–H groups in total. The van der Waals surface area contributed by atoms with Gasteiger partial charge in [0, 0.05) is 34.8 Å². The standard InChI is InChI=1S/C32H32ClN5O4S2/c1-18(2)34-27(39)28-36-37-31(44-28)35-30(41)32(3)17-25-22(26(32)19-7-5-4-6-8-19)16-24(43-25)20-9-10-21(23(33)15-20)29(40)38-11-13-42-14-12-38/h4-10,15-16,18,26H,11-14,17H2,1-3H3,(H,34,39)(H,35,37,41)/t26-,32+/m0/s1. The van der Waals surface area contributed by atoms with Gasteiger partial charge < -0.3 is 15.0 Å². The molecule has 1 aliphatic carbocycles. The van der Waals surface area contributed by atoms with Crippen LogP contribution in [0, 0.1) is 5.41 Å². The van der Waals surface area contributed by atoms with E-state index >= 15 is 0 Å². The predicted octanol–water partition coefficient (Wildman–Crippen LogP) is 5.86. The Balaban J connectivity index is 1.27. The molecule has 6 rings (SSSR count). The SMILES string of the molecule is CC(C)NC(=O)c1nnc(NC(=O)[C@]2(C)Cc3sc(-c4ccc(C(=O)N5CCOCC5)c(Cl)c4)cc3[C@@H]2c2ccccc2)s1. The smallest absolute Gasteiger partial charge is 0.282 e. The highest BCUT2D eigenvalue weighted by Gasteiger charge is 2.50. The number of benzene rings is 2. The molecule has 2 atom stereocenters. The summed E-state index contributed by atoms with van der Waals surface area (Å²) in [6.45, 7) is 7.87. The van der Waals surface area contributed by atoms with Crippen LogP contribution in [0.15, 0.2) is 54.6 Å². The number of thiophene rings is 1. The summed E-state index contributed by atoms with van der Waals surface area (Å²) >= 11 is 9.35. The summed E-state index contributed by atoms with van der Waals surface area (Å²) in [5.41, 5.74) is 2.72. The van der Waals surface area contributed by atoms with Gasteiger partial charge in [0.15, 0.2) is 0 Å². The maximum absolute atomic E-state index is 13.9. The van der Waals surface area contributed by atoms with E-state index in [1.807, 2.05) is 63.2 Å². The fourth-order valence-electron chi connectivity index (χ4n) is 5.86. The van der Waals surface area contributed by atoms with Gasteiger partial charge in [0.2, 0.25) is 16.0 Å². The summed E-state index contributed by atoms with van der Waals surface area (Å²) in [5.74, 6) is -0.802. The molecule has 9 nitrogen and oxygen atoms in total. The molecular weight excluding hydrogens is 618 g/mol. The average molecular weight is 650 g/mol. The van der Waals surface area contributed by atoms with Gasteiger partial charge in [0.25, 0.3) is 11.8 Å². The van der Waals surface area contributed by atoms with Crippen molar-refractivity contribution in [2.24, 2.45) is 5.41 Å². The first-order chi connectivity index (χ1) is 21.1. The molecule has 2 aliphatic rings. The van der Waals surface area contributed by atoms with Crippen molar-refractivity contribution < 1.29 is 19.1 Å². The Morgan fingerprint density at radius 2 is 1.80 bits per heavy atom. The van der Waals surface area contributed by atoms with Crippen LogP contribution in [0.1, 0.15) is 62.9 Å². The minimum atomic E-state index is -0.806. The molecule has 1 saturated heterocycles. The fourth-order valence-corrected chi connectivity index (χ4v) is 8.12. The Morgan fingerprint density at radius 1 is 1.05 bits per heavy atom. The molecular formula is C32H32ClN5O4S2. The van der Waals surface area contributed by atoms with Crippen molar-refractivity contribution >= 4 is 57.1 Å². The molecule has 0 bridgehead atoms. The number of ether oxygens (including phenoxy) is 1. The zero-order valence-electron chi connectivity index (χ0n) is 24.6. The molecule has 3 amide bonds. The van der Waals surface area contributed by atoms with Gasteiger partial charge in [0.05, 0.1) is 29.2 Å². The lowest BCUT2D eigenvalue weighted by molar-refractivity contribution is -0.125. The number of anilines is 1. The summed E-state index contributed by atoms with van der Waals surface area (Å²) in [4.78, 5) is 43.3. The lowest BCUT2D eigenvalue weighted by Gasteiger charge is -2.31. The van der Waals surface area contributed by atoms with E-state index in [0.717, 1.165) is 37.8 Å². The van der Waals surface area contributed by atoms with Gasteiger partial charge in [-0.25, -0.2) is 0 Å². The molecule has 3 heterocycles. The second-order valence-electron chi connectivity index (χ2n) is 11.5. The number of rotatable bonds is 7. The first-order valence-corrected chi connectivity index (χ1v) is 16.5. The van der Waals surface area contributed by atoms with Gasteiger partial charge in [-0.1, -0.05) is 59.3 Å². The number of fused-ring (bicyclic) bond motifs is 1. The van der Waals surface area contributed by atoms with Crippen molar-refractivity contribution in [2.75, 3.05) is 31.6 Å². The third-order valence-electron chi connectivity index (χ3n) is 8.01. The number of nitrogens with one attached hydrogen (secondary N) is 2. The van der Waals surface area contributed by atoms with Gasteiger partial charge in [0.1, 0.15) is 0 Å². The number of nitrogens with zero attached hydrogens (tertiary/aromatic N) is 3. The highest BCUT2D eigenvalue weighted by molar-refractivity contribution is 7.17. The van der Waals surface area contributed by atoms with Crippen LogP contribution >= 0.6 is 34.3 Å². The van der Waals surface area contributed by atoms with E-state index < -0.39 is 5.41 Å². The van der Waals surface area contributed by atoms with Crippen LogP contribution in [-0.4, -0.2) is 65.2 Å². The molecule has 1 aliphatic heterocycles. The first kappa shape index (κ1) is 30.4. The third kappa shape index (κ3) is 5.89. The summed E-state index contributed by atoms with van der Waals surface area (Å²) < 4.78 is 5.37. The number of morpholine rings is 1. The van der Waals surface area contributed by atoms with Gasteiger partial charge in [-0.05, 0) is 62.1 Å². The molecule has 0 radical (unpaired) electrons. The third-order valence-corrected chi connectivity index (χ3v) is 10.4. The normalized spacial score (nSPS) is 19.6. The minimum absolute atomic E-state index is 0.0380. The van der Waals surface area contributed by atoms with E-state index in [1.54, 1.807) is 22.3 Å². The Hall–Kier alpha value is -3.64. The number of hydrogen-bond acceptors (Lipinski definition) is 8. The number of carbonyl (C=O) groups excluding carboxylic acids is 3. The van der Waals surface area contributed by atoms with Crippen molar-refractivity contribution in [3.8, 4) is 10.4 Å². The van der Waals surface area contributed by atoms with E-state index in [4.69, 9.17) is 16.3 Å². The van der Waals surface area contributed by atoms with E-state index in [-0.39, 0.29) is 39.8 Å². The largest absolute Gasteiger partial charge is 0.378 e. The molecule has 12 heteroatoms. The van der Waals surface area contributed by atoms with Crippen LogP contribution in [0.25, 0.3) is 10.4 Å². The number of amides is 3. The Kier molecular flexibility index (Phi) is 8.56. The Labute approximate surface area is 268 Å². The predicted molar refractivity (Wildman–Crippen MR) is 173 cm³/mol. The van der Waals surface area contributed by atoms with Crippen LogP contribution < -0.4 is 10.6 Å². The van der Waals surface area contributed by atoms with Crippen molar-refractivity contribution in [3.05, 3.63) is 86.2 Å². The van der Waals surface area contributed by atoms with Crippen LogP contribution in [0.4, 0.5) is 5.13 Å².